The lowest BCUT2D eigenvalue weighted by molar-refractivity contribution is -0.197. The number of hydroxylamine groups is 2. The molecule has 1 saturated heterocycles. The van der Waals surface area contributed by atoms with E-state index in [4.69, 9.17) is 5.11 Å². The van der Waals surface area contributed by atoms with Gasteiger partial charge in [-0.25, -0.2) is 0 Å². The largest absolute Gasteiger partial charge is 0.395 e. The summed E-state index contributed by atoms with van der Waals surface area (Å²) in [4.78, 5) is 11.9. The highest BCUT2D eigenvalue weighted by Gasteiger charge is 2.53. The highest BCUT2D eigenvalue weighted by Crippen LogP contribution is 2.43. The highest BCUT2D eigenvalue weighted by molar-refractivity contribution is 5.80. The summed E-state index contributed by atoms with van der Waals surface area (Å²) < 4.78 is 0. The van der Waals surface area contributed by atoms with E-state index in [1.54, 1.807) is 0 Å². The molecule has 0 aromatic carbocycles. The van der Waals surface area contributed by atoms with Crippen molar-refractivity contribution < 1.29 is 15.1 Å². The van der Waals surface area contributed by atoms with Gasteiger partial charge >= 0.3 is 0 Å². The van der Waals surface area contributed by atoms with Crippen molar-refractivity contribution in [1.82, 2.24) is 10.4 Å². The quantitative estimate of drug-likeness (QED) is 0.654. The molecule has 16 heavy (non-hydrogen) atoms. The van der Waals surface area contributed by atoms with Gasteiger partial charge in [-0.1, -0.05) is 0 Å². The number of carbonyl (C=O) groups is 1. The molecule has 1 heterocycles. The maximum absolute atomic E-state index is 11.9. The molecule has 0 radical (unpaired) electrons. The van der Waals surface area contributed by atoms with Crippen molar-refractivity contribution in [3.05, 3.63) is 0 Å². The van der Waals surface area contributed by atoms with Crippen molar-refractivity contribution in [2.24, 2.45) is 5.92 Å². The topological polar surface area (TPSA) is 72.8 Å². The molecule has 0 aromatic heterocycles. The molecule has 1 aliphatic rings. The third kappa shape index (κ3) is 2.21. The van der Waals surface area contributed by atoms with E-state index in [9.17, 15) is 10.0 Å². The zero-order valence-electron chi connectivity index (χ0n) is 10.4. The molecule has 1 atom stereocenters. The summed E-state index contributed by atoms with van der Waals surface area (Å²) in [6.45, 7) is 7.72. The molecule has 5 nitrogen and oxygen atoms in total. The summed E-state index contributed by atoms with van der Waals surface area (Å²) in [7, 11) is 0. The first-order valence-electron chi connectivity index (χ1n) is 5.61. The summed E-state index contributed by atoms with van der Waals surface area (Å²) >= 11 is 0. The molecular weight excluding hydrogens is 208 g/mol. The highest BCUT2D eigenvalue weighted by atomic mass is 16.5. The Bertz CT molecular complexity index is 276. The fraction of sp³-hybridized carbons (Fsp3) is 0.909. The third-order valence-electron chi connectivity index (χ3n) is 3.40. The number of nitrogens with zero attached hydrogens (tertiary/aromatic N) is 1. The van der Waals surface area contributed by atoms with Crippen LogP contribution in [0.3, 0.4) is 0 Å². The lowest BCUT2D eigenvalue weighted by atomic mass is 9.86. The molecule has 0 saturated carbocycles. The van der Waals surface area contributed by atoms with Crippen molar-refractivity contribution >= 4 is 5.91 Å². The lowest BCUT2D eigenvalue weighted by Gasteiger charge is -2.35. The fourth-order valence-electron chi connectivity index (χ4n) is 2.48. The van der Waals surface area contributed by atoms with Crippen molar-refractivity contribution in [2.45, 2.75) is 45.2 Å². The van der Waals surface area contributed by atoms with E-state index in [-0.39, 0.29) is 25.0 Å². The normalized spacial score (nSPS) is 28.0. The van der Waals surface area contributed by atoms with Gasteiger partial charge in [-0.15, -0.1) is 0 Å². The number of nitrogens with one attached hydrogen (secondary N) is 1. The molecule has 94 valence electrons. The number of hydrogen-bond acceptors (Lipinski definition) is 4. The van der Waals surface area contributed by atoms with E-state index in [1.165, 1.54) is 5.06 Å². The molecule has 1 unspecified atom stereocenters. The Morgan fingerprint density at radius 1 is 1.44 bits per heavy atom. The number of aliphatic hydroxyl groups excluding tert-OH is 1. The number of carbonyl (C=O) groups excluding carboxylic acids is 1. The van der Waals surface area contributed by atoms with E-state index >= 15 is 0 Å². The van der Waals surface area contributed by atoms with Gasteiger partial charge in [-0.2, -0.15) is 5.06 Å². The molecule has 5 heteroatoms. The van der Waals surface area contributed by atoms with Gasteiger partial charge in [0.2, 0.25) is 5.91 Å². The second-order valence-corrected chi connectivity index (χ2v) is 5.55. The van der Waals surface area contributed by atoms with Gasteiger partial charge in [0.1, 0.15) is 0 Å². The van der Waals surface area contributed by atoms with Crippen LogP contribution in [0.1, 0.15) is 34.1 Å². The third-order valence-corrected chi connectivity index (χ3v) is 3.40. The van der Waals surface area contributed by atoms with Crippen LogP contribution in [0.15, 0.2) is 0 Å². The SMILES string of the molecule is CC1(C)CC(C(=O)NCCO)C(C)(C)N1O. The Kier molecular flexibility index (Phi) is 3.62. The van der Waals surface area contributed by atoms with Crippen LogP contribution in [0.2, 0.25) is 0 Å². The Hall–Kier alpha value is -0.650. The minimum atomic E-state index is -0.580. The van der Waals surface area contributed by atoms with Crippen LogP contribution in [0.25, 0.3) is 0 Å². The summed E-state index contributed by atoms with van der Waals surface area (Å²) in [6, 6.07) is 0. The van der Waals surface area contributed by atoms with Crippen LogP contribution < -0.4 is 5.32 Å². The monoisotopic (exact) mass is 230 g/mol. The van der Waals surface area contributed by atoms with Crippen LogP contribution in [0.5, 0.6) is 0 Å². The van der Waals surface area contributed by atoms with Gasteiger partial charge in [0.05, 0.1) is 18.1 Å². The predicted octanol–water partition coefficient (Wildman–Crippen LogP) is 0.363. The fourth-order valence-corrected chi connectivity index (χ4v) is 2.48. The Morgan fingerprint density at radius 3 is 2.38 bits per heavy atom. The molecule has 1 rings (SSSR count). The lowest BCUT2D eigenvalue weighted by Crippen LogP contribution is -2.50. The summed E-state index contributed by atoms with van der Waals surface area (Å²) in [6.07, 6.45) is 0.605. The Morgan fingerprint density at radius 2 is 2.00 bits per heavy atom. The van der Waals surface area contributed by atoms with Crippen molar-refractivity contribution in [3.63, 3.8) is 0 Å². The van der Waals surface area contributed by atoms with Gasteiger partial charge in [0.25, 0.3) is 0 Å². The van der Waals surface area contributed by atoms with Crippen molar-refractivity contribution in [1.29, 1.82) is 0 Å². The number of hydrogen-bond donors (Lipinski definition) is 3. The van der Waals surface area contributed by atoms with Gasteiger partial charge < -0.3 is 15.6 Å². The smallest absolute Gasteiger partial charge is 0.225 e. The number of aliphatic hydroxyl groups is 1. The second-order valence-electron chi connectivity index (χ2n) is 5.55. The van der Waals surface area contributed by atoms with E-state index in [1.807, 2.05) is 27.7 Å². The zero-order valence-corrected chi connectivity index (χ0v) is 10.4. The van der Waals surface area contributed by atoms with E-state index in [0.717, 1.165) is 0 Å². The van der Waals surface area contributed by atoms with Crippen LogP contribution in [-0.4, -0.2) is 45.5 Å². The van der Waals surface area contributed by atoms with Crippen LogP contribution in [-0.2, 0) is 4.79 Å². The predicted molar refractivity (Wildman–Crippen MR) is 60.0 cm³/mol. The maximum Gasteiger partial charge on any atom is 0.225 e. The first-order valence-corrected chi connectivity index (χ1v) is 5.61. The first kappa shape index (κ1) is 13.4. The molecule has 0 spiro atoms. The summed E-state index contributed by atoms with van der Waals surface area (Å²) in [5.74, 6) is -0.372. The van der Waals surface area contributed by atoms with Gasteiger partial charge in [-0.05, 0) is 34.1 Å². The molecule has 0 bridgehead atoms. The van der Waals surface area contributed by atoms with Crippen molar-refractivity contribution in [3.8, 4) is 0 Å². The minimum absolute atomic E-state index is 0.0644. The van der Waals surface area contributed by atoms with E-state index < -0.39 is 11.1 Å². The molecule has 1 fully saturated rings. The molecule has 1 amide bonds. The van der Waals surface area contributed by atoms with E-state index in [2.05, 4.69) is 5.32 Å². The second kappa shape index (κ2) is 4.31. The first-order chi connectivity index (χ1) is 7.23. The van der Waals surface area contributed by atoms with Crippen LogP contribution in [0.4, 0.5) is 0 Å². The Balaban J connectivity index is 2.79. The van der Waals surface area contributed by atoms with Crippen LogP contribution >= 0.6 is 0 Å². The summed E-state index contributed by atoms with van der Waals surface area (Å²) in [5, 5.41) is 22.6. The molecule has 3 N–H and O–H groups in total. The van der Waals surface area contributed by atoms with Gasteiger partial charge in [0, 0.05) is 12.1 Å². The number of rotatable bonds is 3. The minimum Gasteiger partial charge on any atom is -0.395 e. The molecular formula is C11H22N2O3. The maximum atomic E-state index is 11.9. The average molecular weight is 230 g/mol. The van der Waals surface area contributed by atoms with Gasteiger partial charge in [0.15, 0.2) is 0 Å². The molecule has 1 aliphatic heterocycles. The zero-order chi connectivity index (χ0) is 12.6. The standard InChI is InChI=1S/C11H22N2O3/c1-10(2)7-8(9(15)12-5-6-14)11(3,4)13(10)16/h8,14,16H,5-7H2,1-4H3,(H,12,15). The van der Waals surface area contributed by atoms with Crippen molar-refractivity contribution in [2.75, 3.05) is 13.2 Å². The molecule has 0 aromatic rings. The van der Waals surface area contributed by atoms with Gasteiger partial charge in [-0.3, -0.25) is 4.79 Å². The van der Waals surface area contributed by atoms with E-state index in [0.29, 0.717) is 6.42 Å². The molecule has 0 aliphatic carbocycles. The average Bonchev–Trinajstić information content (AvgIpc) is 2.35. The number of amides is 1. The Labute approximate surface area is 96.4 Å². The van der Waals surface area contributed by atoms with Crippen LogP contribution in [0, 0.1) is 5.92 Å². The summed E-state index contributed by atoms with van der Waals surface area (Å²) in [5.41, 5.74) is -0.978.